The minimum atomic E-state index is -4.87. The highest BCUT2D eigenvalue weighted by Gasteiger charge is 2.57. The van der Waals surface area contributed by atoms with Gasteiger partial charge in [0.2, 0.25) is 23.7 Å². The third-order valence-electron chi connectivity index (χ3n) is 23.7. The number of ether oxygens (including phenoxy) is 6. The van der Waals surface area contributed by atoms with E-state index in [-0.39, 0.29) is 118 Å². The predicted molar refractivity (Wildman–Crippen MR) is 529 cm³/mol. The summed E-state index contributed by atoms with van der Waals surface area (Å²) in [5.41, 5.74) is -0.117. The fourth-order valence-corrected chi connectivity index (χ4v) is 19.7. The van der Waals surface area contributed by atoms with Crippen LogP contribution in [0.25, 0.3) is 44.7 Å². The first kappa shape index (κ1) is 111. The molecule has 8 aromatic heterocycles. The SMILES string of the molecule is CC(C)C(=O)Nc1nc2c(ncn2[C@@H]2O[C@H](CO)[C@@H](O[Si](C)(C)C(C)(C)C)[C@H]2OP(=O)(OCCC#N)OC[C@@H]2C[C@@H](OC(=O)O)[C@H](n3cnc4c(NC(=O)c5ccccc5)ncnc43)O2)c(=O)[nH]1.CC(C)C(=O)Nc1nc2c(ncn2[C@@H]2O[C@H](CO)[C@@H](O[Si](C)(C)C(C)(C)C)[C@H]2OP(OCCC#N)OC[C@@H]2C[C@@H](OC(=O)O)[C@H](n3cnc4c(NC(=O)c5ccccc5)ncnc43)O2)c(=O)[nH]1.N.[3H][B]P.c1ccccc1. The quantitative estimate of drug-likeness (QED) is 0.00752. The summed E-state index contributed by atoms with van der Waals surface area (Å²) in [5.74, 6) is -2.74. The number of phosphoric ester groups is 1. The van der Waals surface area contributed by atoms with E-state index >= 15 is 4.57 Å². The van der Waals surface area contributed by atoms with E-state index in [9.17, 15) is 69.3 Å². The number of nitriles is 2. The first-order valence-corrected chi connectivity index (χ1v) is 54.1. The minimum Gasteiger partial charge on any atom is -0.450 e. The molecule has 4 aliphatic heterocycles. The second-order valence-electron chi connectivity index (χ2n) is 36.3. The van der Waals surface area contributed by atoms with Crippen molar-refractivity contribution < 1.29 is 118 Å². The molecule has 0 bridgehead atoms. The zero-order chi connectivity index (χ0) is 104. The number of phosphoric acid groups is 1. The molecule has 50 nitrogen and oxygen atoms in total. The maximum Gasteiger partial charge on any atom is 0.506 e. The number of nitrogens with one attached hydrogen (secondary N) is 6. The summed E-state index contributed by atoms with van der Waals surface area (Å²) in [7, 11) is -9.44. The van der Waals surface area contributed by atoms with Gasteiger partial charge in [0.05, 0.1) is 102 Å². The van der Waals surface area contributed by atoms with Gasteiger partial charge in [0, 0.05) is 35.8 Å². The summed E-state index contributed by atoms with van der Waals surface area (Å²) in [4.78, 5) is 150. The minimum absolute atomic E-state index is 0. The number of aliphatic hydroxyl groups is 2. The Labute approximate surface area is 832 Å². The maximum absolute atomic E-state index is 15.0. The summed E-state index contributed by atoms with van der Waals surface area (Å²) < 4.78 is 113. The summed E-state index contributed by atoms with van der Waals surface area (Å²) in [6.07, 6.45) is -11.8. The van der Waals surface area contributed by atoms with Gasteiger partial charge in [-0.05, 0) is 61.9 Å². The lowest BCUT2D eigenvalue weighted by Crippen LogP contribution is -2.50. The van der Waals surface area contributed by atoms with E-state index < -0.39 is 209 Å². The van der Waals surface area contributed by atoms with E-state index in [0.29, 0.717) is 11.1 Å². The Morgan fingerprint density at radius 3 is 1.33 bits per heavy atom. The van der Waals surface area contributed by atoms with Crippen molar-refractivity contribution in [2.75, 3.05) is 60.9 Å². The van der Waals surface area contributed by atoms with Gasteiger partial charge < -0.3 is 88.1 Å². The number of amides is 4. The largest absolute Gasteiger partial charge is 0.506 e. The molecule has 4 aliphatic rings. The number of hydrogen-bond donors (Lipinski definition) is 11. The van der Waals surface area contributed by atoms with Gasteiger partial charge in [-0.15, -0.1) is 0 Å². The number of aromatic amines is 2. The van der Waals surface area contributed by atoms with Crippen LogP contribution in [0, 0.1) is 34.5 Å². The normalized spacial score (nSPS) is 21.7. The lowest BCUT2D eigenvalue weighted by molar-refractivity contribution is -0.119. The van der Waals surface area contributed by atoms with Crippen LogP contribution in [0.5, 0.6) is 0 Å². The van der Waals surface area contributed by atoms with Gasteiger partial charge in [-0.2, -0.15) is 29.6 Å². The Morgan fingerprint density at radius 2 is 0.931 bits per heavy atom. The highest BCUT2D eigenvalue weighted by molar-refractivity contribution is 7.50. The standard InChI is InChI=1S/C41H52N11O14PSi.C41H52N11O13PSi.C6H6.BH3P.H3N/c1-22(2)34(54)49-39-48-33-28(36(56)50-39)46-21-52(33)38-30(29(26(17-53)63-38)66-68(6,7)41(3,4)5)65-67(59,60-15-11-14-42)61-18-24-16-25(64-40(57)58)37(62-24)51-20-45-27-31(43-19-44-32(27)51)47-35(55)23-12-9-8-10-13-23;1-22(2)34(54)49-39-48-33-28(36(56)50-39)46-21-52(33)38-30(29(26(17-53)62-38)65-67(6,7)41(3,4)5)64-66(59-15-11-14-42)60-18-24-16-25(63-40(57)58)37(61-24)51-20-45-27-31(43-19-44-32(27)51)47-35(55)23-12-9-8-10-13-23;1-2-4-6-5-3-1;1-2;/h8-10,12-13,19-22,24-26,29-30,37-38,53H,11,15-18H2,1-7H3,(H,57,58)(H,43,44,47,55)(H2,48,49,50,54,56);8-10,12-13,19-22,24-26,29-30,37-38,53H,11,15-18H2,1-7H3,(H,57,58)(H,43,44,47,55)(H2,48,49,50,54,56);1-6H;1H,2H2;1H3/t24-,25+,26+,29+,30+,37+,38+,67?;24-,25+,26+,29+,30+,37+,38+,66?;;;/m00.../s1/i;;;1T;. The zero-order valence-electron chi connectivity index (χ0n) is 82.1. The molecular formula is C88H116BN23O27P3Si2. The van der Waals surface area contributed by atoms with E-state index in [4.69, 9.17) is 65.8 Å². The molecule has 11 aromatic rings. The molecule has 15 rings (SSSR count). The van der Waals surface area contributed by atoms with Crippen LogP contribution < -0.4 is 38.5 Å². The van der Waals surface area contributed by atoms with E-state index in [1.54, 1.807) is 88.4 Å². The van der Waals surface area contributed by atoms with Crippen LogP contribution in [0.1, 0.15) is 141 Å². The topological polar surface area (TPSA) is 675 Å². The van der Waals surface area contributed by atoms with Crippen molar-refractivity contribution in [1.82, 2.24) is 84.2 Å². The average Bonchev–Trinajstić information content (AvgIpc) is 1.61. The number of hydrogen-bond acceptors (Lipinski definition) is 38. The smallest absolute Gasteiger partial charge is 0.450 e. The van der Waals surface area contributed by atoms with E-state index in [1.807, 2.05) is 116 Å². The van der Waals surface area contributed by atoms with Gasteiger partial charge in [-0.1, -0.05) is 142 Å². The van der Waals surface area contributed by atoms with Crippen LogP contribution >= 0.6 is 25.5 Å². The molecule has 0 spiro atoms. The van der Waals surface area contributed by atoms with E-state index in [2.05, 4.69) is 90.2 Å². The fourth-order valence-electron chi connectivity index (χ4n) is 14.5. The number of rotatable bonds is 36. The Balaban J connectivity index is 0.000000252. The van der Waals surface area contributed by atoms with Crippen molar-refractivity contribution in [2.45, 2.75) is 217 Å². The van der Waals surface area contributed by atoms with Crippen LogP contribution in [0.3, 0.4) is 0 Å². The molecule has 13 N–H and O–H groups in total. The summed E-state index contributed by atoms with van der Waals surface area (Å²) in [6, 6.07) is 32.9. The van der Waals surface area contributed by atoms with E-state index in [1.165, 1.54) is 63.8 Å². The Hall–Kier alpha value is -12.2. The lowest BCUT2D eigenvalue weighted by atomic mass is 10.1. The Bertz CT molecular complexity index is 6510. The van der Waals surface area contributed by atoms with Crippen molar-refractivity contribution in [3.63, 3.8) is 0 Å². The molecule has 144 heavy (non-hydrogen) atoms. The van der Waals surface area contributed by atoms with Crippen LogP contribution in [-0.4, -0.2) is 261 Å². The van der Waals surface area contributed by atoms with Gasteiger partial charge in [0.15, 0.2) is 110 Å². The summed E-state index contributed by atoms with van der Waals surface area (Å²) in [5, 5.41) is 69.7. The third kappa shape index (κ3) is 27.3. The lowest BCUT2D eigenvalue weighted by Gasteiger charge is -2.40. The molecule has 0 saturated carbocycles. The van der Waals surface area contributed by atoms with Crippen LogP contribution in [0.4, 0.5) is 33.1 Å². The number of H-pyrrole nitrogens is 2. The average molecular weight is 2090 g/mol. The molecule has 56 heteroatoms. The molecule has 3 aromatic carbocycles. The fraction of sp³-hybridized carbons (Fsp3) is 0.477. The Kier molecular flexibility index (Phi) is 38.1. The molecule has 12 heterocycles. The molecule has 3 unspecified atom stereocenters. The zero-order valence-corrected chi connectivity index (χ0v) is 86.0. The highest BCUT2D eigenvalue weighted by atomic mass is 31.2. The number of carboxylic acid groups (broad SMARTS) is 2. The number of fused-ring (bicyclic) bond motifs is 4. The molecular weight excluding hydrogens is 1970 g/mol. The molecule has 4 amide bonds. The van der Waals surface area contributed by atoms with Crippen molar-refractivity contribution in [3.05, 3.63) is 167 Å². The number of benzene rings is 3. The first-order valence-electron chi connectivity index (χ1n) is 45.7. The van der Waals surface area contributed by atoms with Gasteiger partial charge in [-0.25, -0.2) is 54.0 Å². The molecule has 0 aliphatic carbocycles. The van der Waals surface area contributed by atoms with Crippen molar-refractivity contribution in [2.24, 2.45) is 11.8 Å². The first-order chi connectivity index (χ1) is 68.5. The Morgan fingerprint density at radius 1 is 0.549 bits per heavy atom. The van der Waals surface area contributed by atoms with Gasteiger partial charge >= 0.3 is 28.7 Å². The number of aromatic nitrogens is 16. The van der Waals surface area contributed by atoms with Crippen molar-refractivity contribution in [1.29, 1.82) is 11.9 Å². The summed E-state index contributed by atoms with van der Waals surface area (Å²) >= 11 is 0. The number of carbonyl (C=O) groups is 6. The third-order valence-corrected chi connectivity index (χ3v) is 35.3. The van der Waals surface area contributed by atoms with E-state index in [0.717, 1.165) is 0 Å². The highest BCUT2D eigenvalue weighted by Crippen LogP contribution is 2.57. The number of nitrogens with zero attached hydrogens (tertiary/aromatic N) is 16. The number of anilines is 4. The monoisotopic (exact) mass is 2090 g/mol. The van der Waals surface area contributed by atoms with Crippen LogP contribution in [0.15, 0.2) is 145 Å². The van der Waals surface area contributed by atoms with Crippen LogP contribution in [-0.2, 0) is 78.6 Å². The van der Waals surface area contributed by atoms with Crippen molar-refractivity contribution in [3.8, 4) is 12.1 Å². The molecule has 17 atom stereocenters. The number of aliphatic hydroxyl groups excluding tert-OH is 2. The second kappa shape index (κ2) is 49.6. The van der Waals surface area contributed by atoms with Crippen LogP contribution in [0.2, 0.25) is 36.3 Å². The summed E-state index contributed by atoms with van der Waals surface area (Å²) in [6.45, 7) is 24.2. The van der Waals surface area contributed by atoms with Gasteiger partial charge in [0.25, 0.3) is 22.9 Å². The molecule has 4 fully saturated rings. The number of carbonyl (C=O) groups excluding carboxylic acids is 4. The van der Waals surface area contributed by atoms with Gasteiger partial charge in [-0.3, -0.25) is 81.2 Å². The molecule has 4 saturated heterocycles. The van der Waals surface area contributed by atoms with Crippen molar-refractivity contribution >= 4 is 154 Å². The number of imidazole rings is 4. The molecule has 1 radical (unpaired) electrons. The van der Waals surface area contributed by atoms with Gasteiger partial charge in [0.1, 0.15) is 56.8 Å². The molecule has 771 valence electrons. The predicted octanol–water partition coefficient (Wildman–Crippen LogP) is 11.4. The maximum atomic E-state index is 15.0. The second-order valence-corrected chi connectivity index (χ2v) is 48.6.